The molecule has 0 aliphatic carbocycles. The van der Waals surface area contributed by atoms with E-state index >= 15 is 0 Å². The van der Waals surface area contributed by atoms with Crippen molar-refractivity contribution in [1.29, 1.82) is 0 Å². The third kappa shape index (κ3) is 2.85. The van der Waals surface area contributed by atoms with E-state index in [-0.39, 0.29) is 18.3 Å². The Kier molecular flexibility index (Phi) is 4.01. The molecule has 0 unspecified atom stereocenters. The number of aromatic nitrogens is 2. The molecule has 0 bridgehead atoms. The van der Waals surface area contributed by atoms with Crippen LogP contribution < -0.4 is 4.74 Å². The van der Waals surface area contributed by atoms with Crippen LogP contribution in [0.5, 0.6) is 5.75 Å². The average Bonchev–Trinajstić information content (AvgIpc) is 2.88. The summed E-state index contributed by atoms with van der Waals surface area (Å²) in [6.07, 6.45) is 0. The molecule has 0 saturated carbocycles. The zero-order chi connectivity index (χ0) is 13.8. The van der Waals surface area contributed by atoms with Crippen molar-refractivity contribution in [2.24, 2.45) is 0 Å². The number of hydrogen-bond acceptors (Lipinski definition) is 6. The molecule has 1 aromatic carbocycles. The van der Waals surface area contributed by atoms with E-state index in [9.17, 15) is 4.79 Å². The molecular formula is C12H11ClN2O4. The topological polar surface area (TPSA) is 74.5 Å². The fraction of sp³-hybridized carbons (Fsp3) is 0.250. The Morgan fingerprint density at radius 2 is 2.26 bits per heavy atom. The van der Waals surface area contributed by atoms with Crippen molar-refractivity contribution in [1.82, 2.24) is 10.1 Å². The van der Waals surface area contributed by atoms with Gasteiger partial charge >= 0.3 is 11.9 Å². The standard InChI is InChI=1S/C12H11ClN2O4/c1-3-18-12(16)11-14-10(15-19-11)8-5-4-7(13)6-9(8)17-2/h4-6H,3H2,1-2H3. The number of ether oxygens (including phenoxy) is 2. The Hall–Kier alpha value is -2.08. The monoisotopic (exact) mass is 282 g/mol. The lowest BCUT2D eigenvalue weighted by molar-refractivity contribution is 0.0470. The van der Waals surface area contributed by atoms with Crippen LogP contribution >= 0.6 is 11.6 Å². The van der Waals surface area contributed by atoms with Crippen molar-refractivity contribution in [2.75, 3.05) is 13.7 Å². The van der Waals surface area contributed by atoms with Gasteiger partial charge in [-0.3, -0.25) is 0 Å². The molecule has 2 aromatic rings. The van der Waals surface area contributed by atoms with Gasteiger partial charge in [0.05, 0.1) is 19.3 Å². The molecule has 100 valence electrons. The fourth-order valence-corrected chi connectivity index (χ4v) is 1.62. The maximum absolute atomic E-state index is 11.4. The molecule has 0 fully saturated rings. The van der Waals surface area contributed by atoms with Crippen molar-refractivity contribution in [3.63, 3.8) is 0 Å². The van der Waals surface area contributed by atoms with Gasteiger partial charge in [-0.1, -0.05) is 16.8 Å². The summed E-state index contributed by atoms with van der Waals surface area (Å²) in [5, 5.41) is 4.24. The van der Waals surface area contributed by atoms with Crippen molar-refractivity contribution in [3.8, 4) is 17.1 Å². The number of carbonyl (C=O) groups is 1. The first kappa shape index (κ1) is 13.4. The Morgan fingerprint density at radius 1 is 1.47 bits per heavy atom. The van der Waals surface area contributed by atoms with Crippen LogP contribution in [0.3, 0.4) is 0 Å². The number of methoxy groups -OCH3 is 1. The van der Waals surface area contributed by atoms with Gasteiger partial charge in [-0.25, -0.2) is 4.79 Å². The molecule has 7 heteroatoms. The van der Waals surface area contributed by atoms with E-state index in [1.54, 1.807) is 25.1 Å². The number of nitrogens with zero attached hydrogens (tertiary/aromatic N) is 2. The number of rotatable bonds is 4. The van der Waals surface area contributed by atoms with Crippen LogP contribution in [0.1, 0.15) is 17.6 Å². The summed E-state index contributed by atoms with van der Waals surface area (Å²) in [6, 6.07) is 4.97. The molecule has 2 rings (SSSR count). The highest BCUT2D eigenvalue weighted by atomic mass is 35.5. The van der Waals surface area contributed by atoms with Gasteiger partial charge in [-0.05, 0) is 25.1 Å². The lowest BCUT2D eigenvalue weighted by Gasteiger charge is -2.04. The van der Waals surface area contributed by atoms with E-state index in [1.165, 1.54) is 7.11 Å². The van der Waals surface area contributed by atoms with Crippen LogP contribution in [0, 0.1) is 0 Å². The number of halogens is 1. The van der Waals surface area contributed by atoms with Gasteiger partial charge in [0.1, 0.15) is 5.75 Å². The minimum atomic E-state index is -0.658. The summed E-state index contributed by atoms with van der Waals surface area (Å²) in [5.41, 5.74) is 0.575. The second-order valence-corrected chi connectivity index (χ2v) is 3.92. The first-order valence-electron chi connectivity index (χ1n) is 5.50. The number of benzene rings is 1. The molecular weight excluding hydrogens is 272 g/mol. The van der Waals surface area contributed by atoms with Crippen molar-refractivity contribution in [3.05, 3.63) is 29.1 Å². The van der Waals surface area contributed by atoms with E-state index in [2.05, 4.69) is 10.1 Å². The third-order valence-corrected chi connectivity index (χ3v) is 2.52. The fourth-order valence-electron chi connectivity index (χ4n) is 1.46. The molecule has 0 saturated heterocycles. The Bertz CT molecular complexity index is 597. The van der Waals surface area contributed by atoms with Gasteiger partial charge in [0, 0.05) is 5.02 Å². The average molecular weight is 283 g/mol. The van der Waals surface area contributed by atoms with Gasteiger partial charge in [0.2, 0.25) is 5.82 Å². The molecule has 0 spiro atoms. The number of carbonyl (C=O) groups excluding carboxylic acids is 1. The van der Waals surface area contributed by atoms with Crippen LogP contribution in [0.4, 0.5) is 0 Å². The largest absolute Gasteiger partial charge is 0.496 e. The van der Waals surface area contributed by atoms with Crippen LogP contribution in [-0.2, 0) is 4.74 Å². The van der Waals surface area contributed by atoms with Crippen molar-refractivity contribution >= 4 is 17.6 Å². The van der Waals surface area contributed by atoms with Gasteiger partial charge in [-0.2, -0.15) is 4.98 Å². The normalized spacial score (nSPS) is 10.3. The summed E-state index contributed by atoms with van der Waals surface area (Å²) < 4.78 is 14.8. The lowest BCUT2D eigenvalue weighted by atomic mass is 10.2. The number of hydrogen-bond donors (Lipinski definition) is 0. The van der Waals surface area contributed by atoms with Crippen LogP contribution in [-0.4, -0.2) is 29.8 Å². The molecule has 1 heterocycles. The van der Waals surface area contributed by atoms with Crippen LogP contribution in [0.25, 0.3) is 11.4 Å². The molecule has 0 amide bonds. The van der Waals surface area contributed by atoms with E-state index in [0.717, 1.165) is 0 Å². The lowest BCUT2D eigenvalue weighted by Crippen LogP contribution is -2.04. The zero-order valence-corrected chi connectivity index (χ0v) is 11.1. The van der Waals surface area contributed by atoms with Crippen molar-refractivity contribution < 1.29 is 18.8 Å². The minimum absolute atomic E-state index is 0.200. The summed E-state index contributed by atoms with van der Waals surface area (Å²) in [7, 11) is 1.50. The molecule has 0 N–H and O–H groups in total. The third-order valence-electron chi connectivity index (χ3n) is 2.28. The molecule has 6 nitrogen and oxygen atoms in total. The Balaban J connectivity index is 2.35. The summed E-state index contributed by atoms with van der Waals surface area (Å²) in [5.74, 6) is -0.136. The van der Waals surface area contributed by atoms with Gasteiger partial charge in [-0.15, -0.1) is 0 Å². The maximum Gasteiger partial charge on any atom is 0.397 e. The highest BCUT2D eigenvalue weighted by Crippen LogP contribution is 2.30. The summed E-state index contributed by atoms with van der Waals surface area (Å²) >= 11 is 5.86. The van der Waals surface area contributed by atoms with Gasteiger partial charge in [0.25, 0.3) is 0 Å². The highest BCUT2D eigenvalue weighted by molar-refractivity contribution is 6.30. The summed E-state index contributed by atoms with van der Waals surface area (Å²) in [4.78, 5) is 15.4. The highest BCUT2D eigenvalue weighted by Gasteiger charge is 2.19. The van der Waals surface area contributed by atoms with E-state index < -0.39 is 5.97 Å². The molecule has 1 aromatic heterocycles. The molecule has 0 aliphatic rings. The number of esters is 1. The Labute approximate surface area is 114 Å². The van der Waals surface area contributed by atoms with E-state index in [1.807, 2.05) is 0 Å². The van der Waals surface area contributed by atoms with E-state index in [0.29, 0.717) is 16.3 Å². The SMILES string of the molecule is CCOC(=O)c1nc(-c2ccc(Cl)cc2OC)no1. The summed E-state index contributed by atoms with van der Waals surface area (Å²) in [6.45, 7) is 1.93. The second-order valence-electron chi connectivity index (χ2n) is 3.49. The predicted molar refractivity (Wildman–Crippen MR) is 67.3 cm³/mol. The molecule has 0 radical (unpaired) electrons. The Morgan fingerprint density at radius 3 is 2.95 bits per heavy atom. The van der Waals surface area contributed by atoms with Gasteiger partial charge in [0.15, 0.2) is 0 Å². The minimum Gasteiger partial charge on any atom is -0.496 e. The van der Waals surface area contributed by atoms with Crippen LogP contribution in [0.15, 0.2) is 22.7 Å². The second kappa shape index (κ2) is 5.71. The quantitative estimate of drug-likeness (QED) is 0.802. The van der Waals surface area contributed by atoms with Gasteiger partial charge < -0.3 is 14.0 Å². The molecule has 0 aliphatic heterocycles. The zero-order valence-electron chi connectivity index (χ0n) is 10.3. The first-order chi connectivity index (χ1) is 9.15. The van der Waals surface area contributed by atoms with E-state index in [4.69, 9.17) is 25.6 Å². The maximum atomic E-state index is 11.4. The first-order valence-corrected chi connectivity index (χ1v) is 5.88. The predicted octanol–water partition coefficient (Wildman–Crippen LogP) is 2.58. The van der Waals surface area contributed by atoms with Crippen LogP contribution in [0.2, 0.25) is 5.02 Å². The smallest absolute Gasteiger partial charge is 0.397 e. The molecule has 0 atom stereocenters. The molecule has 19 heavy (non-hydrogen) atoms. The van der Waals surface area contributed by atoms with Crippen molar-refractivity contribution in [2.45, 2.75) is 6.92 Å².